The third-order valence-corrected chi connectivity index (χ3v) is 8.46. The minimum atomic E-state index is 0.567. The molecule has 2 aromatic heterocycles. The summed E-state index contributed by atoms with van der Waals surface area (Å²) in [6.07, 6.45) is 6.88. The number of fused-ring (bicyclic) bond motifs is 2. The van der Waals surface area contributed by atoms with Gasteiger partial charge in [-0.1, -0.05) is 18.6 Å². The molecule has 4 aromatic rings. The van der Waals surface area contributed by atoms with Gasteiger partial charge >= 0.3 is 0 Å². The van der Waals surface area contributed by atoms with Crippen LogP contribution in [0.15, 0.2) is 36.4 Å². The van der Waals surface area contributed by atoms with Gasteiger partial charge < -0.3 is 28.4 Å². The lowest BCUT2D eigenvalue weighted by molar-refractivity contribution is 0.268. The first-order valence-corrected chi connectivity index (χ1v) is 14.9. The molecule has 9 heteroatoms. The summed E-state index contributed by atoms with van der Waals surface area (Å²) in [6.45, 7) is 2.97. The zero-order valence-corrected chi connectivity index (χ0v) is 26.2. The van der Waals surface area contributed by atoms with Crippen LogP contribution < -0.4 is 28.4 Å². The van der Waals surface area contributed by atoms with E-state index in [1.807, 2.05) is 12.1 Å². The van der Waals surface area contributed by atoms with Gasteiger partial charge in [0.2, 0.25) is 11.5 Å². The van der Waals surface area contributed by atoms with Crippen molar-refractivity contribution in [2.45, 2.75) is 45.1 Å². The maximum Gasteiger partial charge on any atom is 0.205 e. The average Bonchev–Trinajstić information content (AvgIpc) is 3.27. The van der Waals surface area contributed by atoms with Crippen molar-refractivity contribution in [1.82, 2.24) is 14.9 Å². The second-order valence-electron chi connectivity index (χ2n) is 11.0. The lowest BCUT2D eigenvalue weighted by Gasteiger charge is -2.20. The van der Waals surface area contributed by atoms with Gasteiger partial charge in [0.1, 0.15) is 11.0 Å². The number of pyridine rings is 2. The van der Waals surface area contributed by atoms with Gasteiger partial charge in [-0.25, -0.2) is 9.97 Å². The molecule has 0 bridgehead atoms. The van der Waals surface area contributed by atoms with E-state index in [-0.39, 0.29) is 0 Å². The van der Waals surface area contributed by atoms with Crippen molar-refractivity contribution in [2.75, 3.05) is 55.7 Å². The number of aromatic nitrogens is 2. The fourth-order valence-corrected chi connectivity index (χ4v) is 6.24. The van der Waals surface area contributed by atoms with Gasteiger partial charge in [-0.3, -0.25) is 4.90 Å². The topological polar surface area (TPSA) is 84.4 Å². The van der Waals surface area contributed by atoms with Crippen LogP contribution in [0.3, 0.4) is 0 Å². The predicted molar refractivity (Wildman–Crippen MR) is 168 cm³/mol. The van der Waals surface area contributed by atoms with E-state index in [1.165, 1.54) is 25.7 Å². The van der Waals surface area contributed by atoms with Crippen LogP contribution in [0.5, 0.6) is 34.5 Å². The number of methoxy groups -OCH3 is 6. The van der Waals surface area contributed by atoms with E-state index in [2.05, 4.69) is 29.2 Å². The summed E-state index contributed by atoms with van der Waals surface area (Å²) >= 11 is 0. The predicted octanol–water partition coefficient (Wildman–Crippen LogP) is 6.46. The highest BCUT2D eigenvalue weighted by atomic mass is 16.5. The third-order valence-electron chi connectivity index (χ3n) is 8.46. The van der Waals surface area contributed by atoms with Gasteiger partial charge in [-0.15, -0.1) is 0 Å². The lowest BCUT2D eigenvalue weighted by atomic mass is 9.94. The molecule has 1 aliphatic rings. The summed E-state index contributed by atoms with van der Waals surface area (Å²) in [5, 5.41) is 1.94. The molecule has 43 heavy (non-hydrogen) atoms. The molecule has 9 nitrogen and oxygen atoms in total. The monoisotopic (exact) mass is 589 g/mol. The molecular formula is C34H43N3O6. The van der Waals surface area contributed by atoms with Crippen LogP contribution in [-0.2, 0) is 13.0 Å². The summed E-state index contributed by atoms with van der Waals surface area (Å²) in [5.74, 6) is 4.35. The quantitative estimate of drug-likeness (QED) is 0.185. The molecule has 0 spiro atoms. The number of ether oxygens (including phenoxy) is 6. The first-order valence-electron chi connectivity index (χ1n) is 14.9. The summed E-state index contributed by atoms with van der Waals surface area (Å²) in [4.78, 5) is 12.5. The fraction of sp³-hybridized carbons (Fsp3) is 0.471. The summed E-state index contributed by atoms with van der Waals surface area (Å²) < 4.78 is 33.5. The molecule has 0 aliphatic carbocycles. The number of hydrogen-bond donors (Lipinski definition) is 0. The van der Waals surface area contributed by atoms with Gasteiger partial charge in [0.05, 0.1) is 48.4 Å². The maximum atomic E-state index is 5.69. The van der Waals surface area contributed by atoms with Gasteiger partial charge in [0.25, 0.3) is 0 Å². The molecule has 5 rings (SSSR count). The minimum Gasteiger partial charge on any atom is -0.493 e. The molecule has 0 radical (unpaired) electrons. The van der Waals surface area contributed by atoms with Crippen molar-refractivity contribution in [3.05, 3.63) is 47.8 Å². The highest BCUT2D eigenvalue weighted by Gasteiger charge is 2.21. The first-order chi connectivity index (χ1) is 21.0. The lowest BCUT2D eigenvalue weighted by Crippen LogP contribution is -2.24. The van der Waals surface area contributed by atoms with Crippen LogP contribution in [0.25, 0.3) is 21.8 Å². The largest absolute Gasteiger partial charge is 0.493 e. The molecule has 1 fully saturated rings. The molecule has 1 saturated heterocycles. The second-order valence-corrected chi connectivity index (χ2v) is 11.0. The molecular weight excluding hydrogens is 546 g/mol. The zero-order valence-electron chi connectivity index (χ0n) is 26.2. The molecule has 1 atom stereocenters. The summed E-state index contributed by atoms with van der Waals surface area (Å²) in [6, 6.07) is 12.3. The smallest absolute Gasteiger partial charge is 0.205 e. The van der Waals surface area contributed by atoms with E-state index in [4.69, 9.17) is 38.4 Å². The molecule has 1 aliphatic heterocycles. The molecule has 1 unspecified atom stereocenters. The molecule has 0 amide bonds. The Kier molecular flexibility index (Phi) is 9.92. The molecule has 0 saturated carbocycles. The average molecular weight is 590 g/mol. The van der Waals surface area contributed by atoms with Crippen molar-refractivity contribution >= 4 is 21.8 Å². The van der Waals surface area contributed by atoms with Crippen LogP contribution in [0.1, 0.15) is 43.5 Å². The van der Waals surface area contributed by atoms with E-state index in [1.54, 1.807) is 42.7 Å². The van der Waals surface area contributed by atoms with E-state index >= 15 is 0 Å². The van der Waals surface area contributed by atoms with Crippen molar-refractivity contribution in [3.63, 3.8) is 0 Å². The van der Waals surface area contributed by atoms with E-state index in [0.717, 1.165) is 65.7 Å². The van der Waals surface area contributed by atoms with Crippen LogP contribution in [0.2, 0.25) is 0 Å². The molecule has 2 aromatic carbocycles. The van der Waals surface area contributed by atoms with Gasteiger partial charge in [0, 0.05) is 23.0 Å². The van der Waals surface area contributed by atoms with Gasteiger partial charge in [-0.2, -0.15) is 0 Å². The Hall–Kier alpha value is -3.98. The Morgan fingerprint density at radius 2 is 1.21 bits per heavy atom. The van der Waals surface area contributed by atoms with Crippen LogP contribution >= 0.6 is 0 Å². The Morgan fingerprint density at radius 1 is 0.651 bits per heavy atom. The third kappa shape index (κ3) is 6.51. The van der Waals surface area contributed by atoms with Crippen LogP contribution in [0, 0.1) is 5.92 Å². The SMILES string of the molecule is COc1cc2ccc(CCCC3CCCN(Cc4ccc5cc(OC)c(OC)c(OC)c5n4)CC3)nc2c(OC)c1OC. The second kappa shape index (κ2) is 14.0. The number of hydrogen-bond acceptors (Lipinski definition) is 9. The highest BCUT2D eigenvalue weighted by Crippen LogP contribution is 2.43. The van der Waals surface area contributed by atoms with E-state index < -0.39 is 0 Å². The van der Waals surface area contributed by atoms with Crippen molar-refractivity contribution in [1.29, 1.82) is 0 Å². The number of likely N-dealkylation sites (tertiary alicyclic amines) is 1. The Bertz CT molecular complexity index is 1560. The molecule has 230 valence electrons. The minimum absolute atomic E-state index is 0.567. The van der Waals surface area contributed by atoms with Crippen LogP contribution in [-0.4, -0.2) is 70.6 Å². The fourth-order valence-electron chi connectivity index (χ4n) is 6.24. The van der Waals surface area contributed by atoms with Crippen LogP contribution in [0.4, 0.5) is 0 Å². The normalized spacial score (nSPS) is 15.7. The highest BCUT2D eigenvalue weighted by molar-refractivity contribution is 5.90. The number of benzene rings is 2. The van der Waals surface area contributed by atoms with Gasteiger partial charge in [-0.05, 0) is 75.4 Å². The maximum absolute atomic E-state index is 5.69. The summed E-state index contributed by atoms with van der Waals surface area (Å²) in [7, 11) is 9.78. The van der Waals surface area contributed by atoms with E-state index in [0.29, 0.717) is 40.4 Å². The van der Waals surface area contributed by atoms with Crippen molar-refractivity contribution in [2.24, 2.45) is 5.92 Å². The van der Waals surface area contributed by atoms with Crippen molar-refractivity contribution in [3.8, 4) is 34.5 Å². The number of nitrogens with zero attached hydrogens (tertiary/aromatic N) is 3. The molecule has 0 N–H and O–H groups in total. The number of aryl methyl sites for hydroxylation is 1. The zero-order chi connectivity index (χ0) is 30.3. The molecule has 3 heterocycles. The Morgan fingerprint density at radius 3 is 1.77 bits per heavy atom. The Labute approximate surface area is 254 Å². The van der Waals surface area contributed by atoms with Crippen molar-refractivity contribution < 1.29 is 28.4 Å². The Balaban J connectivity index is 1.19. The first kappa shape index (κ1) is 30.5. The standard InChI is InChI=1S/C34H43N3O6/c1-38-27-19-23-12-14-25(35-29(23)33(42-5)31(27)40-3)11-7-9-22-10-8-17-37(18-16-22)21-26-15-13-24-20-28(39-2)32(41-4)34(43-6)30(24)36-26/h12-15,19-20,22H,7-11,16-18,21H2,1-6H3. The van der Waals surface area contributed by atoms with Gasteiger partial charge in [0.15, 0.2) is 23.0 Å². The summed E-state index contributed by atoms with van der Waals surface area (Å²) in [5.41, 5.74) is 3.70. The van der Waals surface area contributed by atoms with E-state index in [9.17, 15) is 0 Å². The number of rotatable bonds is 12.